The van der Waals surface area contributed by atoms with Gasteiger partial charge in [-0.05, 0) is 24.6 Å². The molecule has 6 heteroatoms. The number of aryl methyl sites for hydroxylation is 1. The highest BCUT2D eigenvalue weighted by atomic mass is 16.5. The number of rotatable bonds is 3. The van der Waals surface area contributed by atoms with Crippen LogP contribution in [-0.4, -0.2) is 31.7 Å². The van der Waals surface area contributed by atoms with Gasteiger partial charge in [0.05, 0.1) is 29.7 Å². The van der Waals surface area contributed by atoms with Crippen LogP contribution in [0.2, 0.25) is 0 Å². The summed E-state index contributed by atoms with van der Waals surface area (Å²) < 4.78 is 6.42. The first-order valence-corrected chi connectivity index (χ1v) is 6.68. The molecule has 114 valence electrons. The first-order valence-electron chi connectivity index (χ1n) is 6.68. The number of anilines is 2. The van der Waals surface area contributed by atoms with Crippen molar-refractivity contribution >= 4 is 17.3 Å². The van der Waals surface area contributed by atoms with Crippen LogP contribution in [0, 0.1) is 18.3 Å². The van der Waals surface area contributed by atoms with E-state index in [-0.39, 0.29) is 16.9 Å². The number of carbonyl (C=O) groups is 1. The minimum Gasteiger partial charge on any atom is -0.464 e. The Hall–Kier alpha value is -2.94. The molecule has 0 bridgehead atoms. The Morgan fingerprint density at radius 3 is 2.64 bits per heavy atom. The van der Waals surface area contributed by atoms with Crippen LogP contribution in [0.3, 0.4) is 0 Å². The minimum absolute atomic E-state index is 0.126. The van der Waals surface area contributed by atoms with Crippen LogP contribution >= 0.6 is 0 Å². The van der Waals surface area contributed by atoms with E-state index in [9.17, 15) is 10.1 Å². The van der Waals surface area contributed by atoms with Gasteiger partial charge >= 0.3 is 5.97 Å². The third kappa shape index (κ3) is 2.49. The molecule has 1 heterocycles. The van der Waals surface area contributed by atoms with Gasteiger partial charge in [-0.1, -0.05) is 6.07 Å². The minimum atomic E-state index is -0.579. The summed E-state index contributed by atoms with van der Waals surface area (Å²) in [4.78, 5) is 14.0. The van der Waals surface area contributed by atoms with Crippen molar-refractivity contribution in [3.05, 3.63) is 41.2 Å². The van der Waals surface area contributed by atoms with Gasteiger partial charge in [0.15, 0.2) is 5.69 Å². The Morgan fingerprint density at radius 2 is 2.09 bits per heavy atom. The largest absolute Gasteiger partial charge is 0.464 e. The molecule has 0 aliphatic carbocycles. The van der Waals surface area contributed by atoms with E-state index in [4.69, 9.17) is 10.5 Å². The first kappa shape index (κ1) is 15.4. The molecule has 0 unspecified atom stereocenters. The van der Waals surface area contributed by atoms with Gasteiger partial charge in [0.1, 0.15) is 6.07 Å². The maximum Gasteiger partial charge on any atom is 0.357 e. The number of aromatic nitrogens is 1. The molecule has 2 N–H and O–H groups in total. The average Bonchev–Trinajstić information content (AvgIpc) is 2.82. The van der Waals surface area contributed by atoms with Crippen molar-refractivity contribution < 1.29 is 9.53 Å². The molecule has 0 atom stereocenters. The zero-order valence-corrected chi connectivity index (χ0v) is 13.0. The highest BCUT2D eigenvalue weighted by Gasteiger charge is 2.23. The van der Waals surface area contributed by atoms with Crippen molar-refractivity contribution in [1.29, 1.82) is 5.26 Å². The molecule has 0 amide bonds. The number of hydrogen-bond acceptors (Lipinski definition) is 5. The topological polar surface area (TPSA) is 84.3 Å². The second-order valence-corrected chi connectivity index (χ2v) is 5.17. The van der Waals surface area contributed by atoms with Crippen LogP contribution in [0.1, 0.15) is 21.6 Å². The summed E-state index contributed by atoms with van der Waals surface area (Å²) in [6.45, 7) is 1.96. The molecule has 2 aromatic rings. The van der Waals surface area contributed by atoms with Crippen molar-refractivity contribution in [2.45, 2.75) is 6.92 Å². The molecule has 1 aromatic heterocycles. The van der Waals surface area contributed by atoms with Gasteiger partial charge in [0, 0.05) is 20.3 Å². The molecule has 2 rings (SSSR count). The number of hydrogen-bond donors (Lipinski definition) is 1. The van der Waals surface area contributed by atoms with E-state index in [0.29, 0.717) is 0 Å². The van der Waals surface area contributed by atoms with Crippen molar-refractivity contribution in [3.63, 3.8) is 0 Å². The zero-order chi connectivity index (χ0) is 16.4. The van der Waals surface area contributed by atoms with Gasteiger partial charge in [0.25, 0.3) is 0 Å². The number of methoxy groups -OCH3 is 1. The average molecular weight is 298 g/mol. The van der Waals surface area contributed by atoms with Gasteiger partial charge in [-0.3, -0.25) is 0 Å². The van der Waals surface area contributed by atoms with Crippen molar-refractivity contribution in [2.75, 3.05) is 31.8 Å². The number of esters is 1. The van der Waals surface area contributed by atoms with E-state index in [2.05, 4.69) is 0 Å². The Labute approximate surface area is 129 Å². The summed E-state index contributed by atoms with van der Waals surface area (Å²) in [5.41, 5.74) is 9.15. The molecule has 6 nitrogen and oxygen atoms in total. The van der Waals surface area contributed by atoms with Gasteiger partial charge < -0.3 is 19.9 Å². The zero-order valence-electron chi connectivity index (χ0n) is 13.0. The summed E-state index contributed by atoms with van der Waals surface area (Å²) in [5.74, 6) is -0.579. The monoisotopic (exact) mass is 298 g/mol. The molecular weight excluding hydrogens is 280 g/mol. The van der Waals surface area contributed by atoms with Crippen LogP contribution in [0.4, 0.5) is 11.4 Å². The molecule has 0 radical (unpaired) electrons. The summed E-state index contributed by atoms with van der Waals surface area (Å²) in [5, 5.41) is 9.18. The fourth-order valence-corrected chi connectivity index (χ4v) is 2.31. The van der Waals surface area contributed by atoms with Crippen LogP contribution in [0.15, 0.2) is 24.4 Å². The van der Waals surface area contributed by atoms with Gasteiger partial charge in [-0.25, -0.2) is 4.79 Å². The third-order valence-electron chi connectivity index (χ3n) is 3.42. The van der Waals surface area contributed by atoms with E-state index >= 15 is 0 Å². The lowest BCUT2D eigenvalue weighted by Crippen LogP contribution is -2.16. The number of nitrogens with two attached hydrogens (primary N) is 1. The van der Waals surface area contributed by atoms with E-state index in [1.54, 1.807) is 10.8 Å². The molecule has 0 saturated heterocycles. The Morgan fingerprint density at radius 1 is 1.41 bits per heavy atom. The predicted molar refractivity (Wildman–Crippen MR) is 85.3 cm³/mol. The fourth-order valence-electron chi connectivity index (χ4n) is 2.31. The van der Waals surface area contributed by atoms with E-state index in [0.717, 1.165) is 16.9 Å². The highest BCUT2D eigenvalue weighted by Crippen LogP contribution is 2.30. The first-order chi connectivity index (χ1) is 10.4. The van der Waals surface area contributed by atoms with Gasteiger partial charge in [0.2, 0.25) is 0 Å². The predicted octanol–water partition coefficient (Wildman–Crippen LogP) is 2.09. The second-order valence-electron chi connectivity index (χ2n) is 5.17. The smallest absolute Gasteiger partial charge is 0.357 e. The van der Waals surface area contributed by atoms with Crippen LogP contribution in [0.25, 0.3) is 5.69 Å². The number of ether oxygens (including phenoxy) is 1. The molecule has 0 fully saturated rings. The van der Waals surface area contributed by atoms with Crippen molar-refractivity contribution in [1.82, 2.24) is 4.57 Å². The standard InChI is InChI=1S/C16H18N4O2/c1-10-5-6-12(19(2)3)13(7-10)20-9-11(8-17)14(18)15(20)16(21)22-4/h5-7,9H,18H2,1-4H3. The lowest BCUT2D eigenvalue weighted by molar-refractivity contribution is 0.0593. The Bertz CT molecular complexity index is 769. The number of nitriles is 1. The number of nitrogen functional groups attached to an aromatic ring is 1. The summed E-state index contributed by atoms with van der Waals surface area (Å²) in [7, 11) is 5.10. The molecule has 0 saturated carbocycles. The van der Waals surface area contributed by atoms with E-state index < -0.39 is 5.97 Å². The van der Waals surface area contributed by atoms with Crippen molar-refractivity contribution in [3.8, 4) is 11.8 Å². The number of benzene rings is 1. The Kier molecular flexibility index (Phi) is 4.08. The van der Waals surface area contributed by atoms with E-state index in [1.165, 1.54) is 7.11 Å². The lowest BCUT2D eigenvalue weighted by Gasteiger charge is -2.20. The van der Waals surface area contributed by atoms with Gasteiger partial charge in [-0.15, -0.1) is 0 Å². The van der Waals surface area contributed by atoms with Crippen LogP contribution in [0.5, 0.6) is 0 Å². The normalized spacial score (nSPS) is 10.1. The molecule has 0 aliphatic heterocycles. The van der Waals surface area contributed by atoms with Crippen LogP contribution in [-0.2, 0) is 4.74 Å². The SMILES string of the molecule is COC(=O)c1c(N)c(C#N)cn1-c1cc(C)ccc1N(C)C. The van der Waals surface area contributed by atoms with E-state index in [1.807, 2.05) is 50.2 Å². The Balaban J connectivity index is 2.81. The molecule has 22 heavy (non-hydrogen) atoms. The van der Waals surface area contributed by atoms with Crippen molar-refractivity contribution in [2.24, 2.45) is 0 Å². The fraction of sp³-hybridized carbons (Fsp3) is 0.250. The summed E-state index contributed by atoms with van der Waals surface area (Å²) >= 11 is 0. The molecule has 0 aliphatic rings. The quantitative estimate of drug-likeness (QED) is 0.877. The lowest BCUT2D eigenvalue weighted by atomic mass is 10.1. The summed E-state index contributed by atoms with van der Waals surface area (Å²) in [6, 6.07) is 7.87. The maximum atomic E-state index is 12.1. The molecule has 0 spiro atoms. The molecule has 1 aromatic carbocycles. The summed E-state index contributed by atoms with van der Waals surface area (Å²) in [6.07, 6.45) is 1.56. The molecular formula is C16H18N4O2. The number of carbonyl (C=O) groups excluding carboxylic acids is 1. The second kappa shape index (κ2) is 5.82. The maximum absolute atomic E-state index is 12.1. The highest BCUT2D eigenvalue weighted by molar-refractivity contribution is 5.96. The third-order valence-corrected chi connectivity index (χ3v) is 3.42. The van der Waals surface area contributed by atoms with Gasteiger partial charge in [-0.2, -0.15) is 5.26 Å². The van der Waals surface area contributed by atoms with Crippen LogP contribution < -0.4 is 10.6 Å². The number of nitrogens with zero attached hydrogens (tertiary/aromatic N) is 3.